The third-order valence-corrected chi connectivity index (χ3v) is 10.6. The highest BCUT2D eigenvalue weighted by atomic mass is 31.2. The predicted octanol–water partition coefficient (Wildman–Crippen LogP) is 11.8. The molecule has 0 heterocycles. The van der Waals surface area contributed by atoms with Crippen molar-refractivity contribution in [3.8, 4) is 0 Å². The average Bonchev–Trinajstić information content (AvgIpc) is 2.98. The summed E-state index contributed by atoms with van der Waals surface area (Å²) >= 11 is 0. The molecule has 1 rings (SSSR count). The molecule has 0 radical (unpaired) electrons. The van der Waals surface area contributed by atoms with Crippen molar-refractivity contribution in [2.24, 2.45) is 11.8 Å². The zero-order chi connectivity index (χ0) is 29.5. The number of hydrogen-bond acceptors (Lipinski definition) is 4. The Morgan fingerprint density at radius 3 is 1.48 bits per heavy atom. The summed E-state index contributed by atoms with van der Waals surface area (Å²) in [5, 5.41) is 0. The van der Waals surface area contributed by atoms with Crippen LogP contribution in [0.4, 0.5) is 0 Å². The van der Waals surface area contributed by atoms with Crippen LogP contribution in [0.25, 0.3) is 0 Å². The first-order valence-corrected chi connectivity index (χ1v) is 18.8. The molecular formula is C35H66NO3P. The fraction of sp³-hybridized carbons (Fsp3) is 0.829. The van der Waals surface area contributed by atoms with Crippen molar-refractivity contribution in [2.75, 3.05) is 26.3 Å². The van der Waals surface area contributed by atoms with Gasteiger partial charge in [-0.15, -0.1) is 0 Å². The molecule has 0 aliphatic rings. The van der Waals surface area contributed by atoms with E-state index in [0.717, 1.165) is 57.2 Å². The first kappa shape index (κ1) is 37.4. The molecule has 0 aromatic heterocycles. The van der Waals surface area contributed by atoms with E-state index in [0.29, 0.717) is 25.0 Å². The zero-order valence-corrected chi connectivity index (χ0v) is 28.3. The van der Waals surface area contributed by atoms with Crippen LogP contribution < -0.4 is 0 Å². The van der Waals surface area contributed by atoms with Gasteiger partial charge in [0.15, 0.2) is 0 Å². The van der Waals surface area contributed by atoms with Gasteiger partial charge in [-0.25, -0.2) is 0 Å². The summed E-state index contributed by atoms with van der Waals surface area (Å²) in [5.41, 5.74) is 1.07. The summed E-state index contributed by atoms with van der Waals surface area (Å²) in [6, 6.07) is 10.5. The molecule has 0 N–H and O–H groups in total. The highest BCUT2D eigenvalue weighted by Gasteiger charge is 2.42. The van der Waals surface area contributed by atoms with Crippen LogP contribution in [0.2, 0.25) is 0 Å². The van der Waals surface area contributed by atoms with E-state index in [1.54, 1.807) is 0 Å². The van der Waals surface area contributed by atoms with E-state index in [1.165, 1.54) is 64.2 Å². The maximum Gasteiger partial charge on any atom is 0.352 e. The lowest BCUT2D eigenvalue weighted by Gasteiger charge is -2.37. The van der Waals surface area contributed by atoms with Crippen LogP contribution in [0, 0.1) is 11.8 Å². The summed E-state index contributed by atoms with van der Waals surface area (Å²) in [4.78, 5) is 2.47. The molecule has 1 aromatic rings. The molecule has 40 heavy (non-hydrogen) atoms. The highest BCUT2D eigenvalue weighted by Crippen LogP contribution is 2.63. The van der Waals surface area contributed by atoms with Crippen LogP contribution in [-0.4, -0.2) is 31.2 Å². The van der Waals surface area contributed by atoms with E-state index >= 15 is 4.57 Å². The number of unbranched alkanes of at least 4 members (excludes halogenated alkanes) is 8. The van der Waals surface area contributed by atoms with E-state index in [2.05, 4.69) is 76.8 Å². The largest absolute Gasteiger partial charge is 0.352 e. The summed E-state index contributed by atoms with van der Waals surface area (Å²) in [6.07, 6.45) is 18.6. The van der Waals surface area contributed by atoms with E-state index in [1.807, 2.05) is 0 Å². The van der Waals surface area contributed by atoms with Gasteiger partial charge in [-0.2, -0.15) is 0 Å². The normalized spacial score (nSPS) is 15.7. The Balaban J connectivity index is 3.41. The summed E-state index contributed by atoms with van der Waals surface area (Å²) in [6.45, 7) is 16.4. The van der Waals surface area contributed by atoms with Gasteiger partial charge in [0.1, 0.15) is 5.78 Å². The number of hydrogen-bond donors (Lipinski definition) is 0. The van der Waals surface area contributed by atoms with Crippen molar-refractivity contribution < 1.29 is 13.6 Å². The maximum atomic E-state index is 15.2. The summed E-state index contributed by atoms with van der Waals surface area (Å²) in [5.74, 6) is 0.472. The van der Waals surface area contributed by atoms with Crippen LogP contribution in [0.5, 0.6) is 0 Å². The van der Waals surface area contributed by atoms with Crippen LogP contribution in [-0.2, 0) is 13.6 Å². The summed E-state index contributed by atoms with van der Waals surface area (Å²) < 4.78 is 28.5. The standard InChI is InChI=1S/C35H66NO3P/c1-7-13-17-22-28-36(29-23-18-14-8-2)35(34-26-20-19-21-27-34)40(37,38-30-32(11-5)24-15-9-3)39-31-33(12-6)25-16-10-4/h19-21,26-27,32-33,35H,7-18,22-25,28-31H2,1-6H3. The lowest BCUT2D eigenvalue weighted by molar-refractivity contribution is 0.119. The van der Waals surface area contributed by atoms with E-state index in [4.69, 9.17) is 9.05 Å². The van der Waals surface area contributed by atoms with Gasteiger partial charge in [0.05, 0.1) is 13.2 Å². The molecule has 0 fully saturated rings. The molecule has 0 aliphatic carbocycles. The third kappa shape index (κ3) is 15.0. The van der Waals surface area contributed by atoms with Crippen molar-refractivity contribution >= 4 is 7.60 Å². The van der Waals surface area contributed by atoms with Gasteiger partial charge in [-0.1, -0.05) is 149 Å². The Hall–Kier alpha value is -0.670. The van der Waals surface area contributed by atoms with Gasteiger partial charge in [0.25, 0.3) is 0 Å². The SMILES string of the molecule is CCCCCCN(CCCCCC)C(c1ccccc1)P(=O)(OCC(CC)CCCC)OCC(CC)CCCC. The second kappa shape index (κ2) is 23.8. The maximum absolute atomic E-state index is 15.2. The number of nitrogens with zero attached hydrogens (tertiary/aromatic N) is 1. The highest BCUT2D eigenvalue weighted by molar-refractivity contribution is 7.54. The second-order valence-electron chi connectivity index (χ2n) is 11.9. The molecule has 0 aliphatic heterocycles. The number of benzene rings is 1. The molecule has 3 atom stereocenters. The Morgan fingerprint density at radius 2 is 1.07 bits per heavy atom. The van der Waals surface area contributed by atoms with Gasteiger partial charge in [0.2, 0.25) is 0 Å². The van der Waals surface area contributed by atoms with Gasteiger partial charge in [-0.05, 0) is 56.2 Å². The minimum absolute atomic E-state index is 0.357. The molecule has 0 bridgehead atoms. The van der Waals surface area contributed by atoms with Crippen molar-refractivity contribution in [2.45, 2.75) is 150 Å². The molecule has 0 saturated heterocycles. The van der Waals surface area contributed by atoms with Crippen LogP contribution in [0.3, 0.4) is 0 Å². The van der Waals surface area contributed by atoms with Crippen molar-refractivity contribution in [1.82, 2.24) is 4.90 Å². The smallest absolute Gasteiger partial charge is 0.307 e. The van der Waals surface area contributed by atoms with Crippen molar-refractivity contribution in [3.05, 3.63) is 35.9 Å². The fourth-order valence-corrected chi connectivity index (χ4v) is 7.81. The lowest BCUT2D eigenvalue weighted by atomic mass is 10.0. The van der Waals surface area contributed by atoms with E-state index in [9.17, 15) is 0 Å². The van der Waals surface area contributed by atoms with Gasteiger partial charge >= 0.3 is 7.60 Å². The lowest BCUT2D eigenvalue weighted by Crippen LogP contribution is -2.33. The Labute approximate surface area is 249 Å². The van der Waals surface area contributed by atoms with Crippen molar-refractivity contribution in [1.29, 1.82) is 0 Å². The minimum Gasteiger partial charge on any atom is -0.307 e. The molecule has 0 spiro atoms. The van der Waals surface area contributed by atoms with Gasteiger partial charge in [-0.3, -0.25) is 9.46 Å². The third-order valence-electron chi connectivity index (χ3n) is 8.41. The molecule has 4 nitrogen and oxygen atoms in total. The fourth-order valence-electron chi connectivity index (χ4n) is 5.45. The molecular weight excluding hydrogens is 513 g/mol. The molecule has 5 heteroatoms. The monoisotopic (exact) mass is 579 g/mol. The van der Waals surface area contributed by atoms with E-state index < -0.39 is 7.60 Å². The van der Waals surface area contributed by atoms with Gasteiger partial charge in [0, 0.05) is 0 Å². The first-order valence-electron chi connectivity index (χ1n) is 17.2. The molecule has 234 valence electrons. The van der Waals surface area contributed by atoms with Crippen LogP contribution in [0.15, 0.2) is 30.3 Å². The number of rotatable bonds is 27. The van der Waals surface area contributed by atoms with Crippen LogP contribution >= 0.6 is 7.60 Å². The molecule has 1 aromatic carbocycles. The van der Waals surface area contributed by atoms with E-state index in [-0.39, 0.29) is 5.78 Å². The quantitative estimate of drug-likeness (QED) is 0.0767. The van der Waals surface area contributed by atoms with Gasteiger partial charge < -0.3 is 9.05 Å². The second-order valence-corrected chi connectivity index (χ2v) is 14.0. The Morgan fingerprint density at radius 1 is 0.625 bits per heavy atom. The Bertz CT molecular complexity index is 707. The topological polar surface area (TPSA) is 38.8 Å². The average molecular weight is 580 g/mol. The Kier molecular flexibility index (Phi) is 22.3. The molecule has 3 unspecified atom stereocenters. The minimum atomic E-state index is -3.49. The zero-order valence-electron chi connectivity index (χ0n) is 27.4. The first-order chi connectivity index (χ1) is 19.5. The predicted molar refractivity (Wildman–Crippen MR) is 175 cm³/mol. The summed E-state index contributed by atoms with van der Waals surface area (Å²) in [7, 11) is -3.49. The molecule has 0 amide bonds. The van der Waals surface area contributed by atoms with Crippen LogP contribution in [0.1, 0.15) is 156 Å². The van der Waals surface area contributed by atoms with Crippen molar-refractivity contribution in [3.63, 3.8) is 0 Å². The molecule has 0 saturated carbocycles.